The second-order valence-electron chi connectivity index (χ2n) is 24.5. The molecule has 0 bridgehead atoms. The van der Waals surface area contributed by atoms with Crippen LogP contribution in [0.5, 0.6) is 0 Å². The van der Waals surface area contributed by atoms with Gasteiger partial charge in [0.15, 0.2) is 6.10 Å². The molecule has 0 spiro atoms. The van der Waals surface area contributed by atoms with Crippen molar-refractivity contribution in [1.29, 1.82) is 0 Å². The fourth-order valence-electron chi connectivity index (χ4n) is 10.8. The van der Waals surface area contributed by atoms with E-state index in [9.17, 15) is 14.4 Å². The van der Waals surface area contributed by atoms with Gasteiger partial charge in [-0.1, -0.05) is 338 Å². The molecule has 0 heterocycles. The molecule has 0 aromatic carbocycles. The number of carbonyl (C=O) groups is 3. The van der Waals surface area contributed by atoms with Crippen molar-refractivity contribution in [2.45, 2.75) is 393 Å². The van der Waals surface area contributed by atoms with Gasteiger partial charge in [0.25, 0.3) is 0 Å². The minimum absolute atomic E-state index is 0.0749. The molecular weight excluding hydrogens is 1010 g/mol. The number of rotatable bonds is 67. The number of esters is 3. The van der Waals surface area contributed by atoms with Crippen LogP contribution in [-0.2, 0) is 28.6 Å². The van der Waals surface area contributed by atoms with E-state index in [0.29, 0.717) is 19.3 Å². The Morgan fingerprint density at radius 1 is 0.244 bits per heavy atom. The Morgan fingerprint density at radius 2 is 0.439 bits per heavy atom. The number of ether oxygens (including phenoxy) is 3. The molecular formula is C76H138O6. The molecule has 82 heavy (non-hydrogen) atoms. The normalized spacial score (nSPS) is 12.4. The van der Waals surface area contributed by atoms with Gasteiger partial charge in [0.2, 0.25) is 0 Å². The maximum atomic E-state index is 13.0. The molecule has 6 heteroatoms. The highest BCUT2D eigenvalue weighted by Crippen LogP contribution is 2.18. The van der Waals surface area contributed by atoms with Crippen LogP contribution in [0.15, 0.2) is 60.8 Å². The summed E-state index contributed by atoms with van der Waals surface area (Å²) in [4.78, 5) is 38.5. The Bertz CT molecular complexity index is 1460. The third-order valence-electron chi connectivity index (χ3n) is 16.2. The number of carbonyl (C=O) groups excluding carboxylic acids is 3. The highest BCUT2D eigenvalue weighted by atomic mass is 16.6. The molecule has 0 aliphatic heterocycles. The molecule has 0 saturated carbocycles. The molecule has 1 unspecified atom stereocenters. The molecule has 0 radical (unpaired) electrons. The summed E-state index contributed by atoms with van der Waals surface area (Å²) in [6.07, 6.45) is 91.0. The van der Waals surface area contributed by atoms with Crippen LogP contribution in [0, 0.1) is 0 Å². The summed E-state index contributed by atoms with van der Waals surface area (Å²) in [7, 11) is 0. The second kappa shape index (κ2) is 70.6. The average molecular weight is 1150 g/mol. The van der Waals surface area contributed by atoms with Crippen LogP contribution in [0.3, 0.4) is 0 Å². The highest BCUT2D eigenvalue weighted by Gasteiger charge is 2.19. The van der Waals surface area contributed by atoms with Gasteiger partial charge in [-0.15, -0.1) is 0 Å². The third kappa shape index (κ3) is 67.9. The lowest BCUT2D eigenvalue weighted by Gasteiger charge is -2.18. The summed E-state index contributed by atoms with van der Waals surface area (Å²) in [5, 5.41) is 0. The van der Waals surface area contributed by atoms with Crippen molar-refractivity contribution in [3.63, 3.8) is 0 Å². The van der Waals surface area contributed by atoms with Crippen molar-refractivity contribution in [1.82, 2.24) is 0 Å². The van der Waals surface area contributed by atoms with Gasteiger partial charge in [0, 0.05) is 19.3 Å². The molecule has 478 valence electrons. The quantitative estimate of drug-likeness (QED) is 0.0261. The smallest absolute Gasteiger partial charge is 0.306 e. The van der Waals surface area contributed by atoms with Gasteiger partial charge in [0.05, 0.1) is 0 Å². The molecule has 0 rings (SSSR count). The SMILES string of the molecule is CCCCC/C=C\C/C=C\C/C=C\CCCCCCCCC(=O)OC(COC(=O)CCCCCCCCCCCCCCCCC/C=C\C/C=C\CCCCCCC)COC(=O)CCCCCCCCCCCCCCCCCCCC. The number of unbranched alkanes of at least 4 members (excludes halogenated alkanes) is 46. The predicted octanol–water partition coefficient (Wildman–Crippen LogP) is 25.1. The lowest BCUT2D eigenvalue weighted by atomic mass is 10.0. The van der Waals surface area contributed by atoms with E-state index in [0.717, 1.165) is 83.5 Å². The molecule has 0 fully saturated rings. The second-order valence-corrected chi connectivity index (χ2v) is 24.5. The maximum Gasteiger partial charge on any atom is 0.306 e. The third-order valence-corrected chi connectivity index (χ3v) is 16.2. The molecule has 0 aliphatic rings. The van der Waals surface area contributed by atoms with Gasteiger partial charge in [0.1, 0.15) is 13.2 Å². The largest absolute Gasteiger partial charge is 0.462 e. The highest BCUT2D eigenvalue weighted by molar-refractivity contribution is 5.71. The summed E-state index contributed by atoms with van der Waals surface area (Å²) in [5.41, 5.74) is 0. The van der Waals surface area contributed by atoms with E-state index in [-0.39, 0.29) is 31.1 Å². The van der Waals surface area contributed by atoms with E-state index in [2.05, 4.69) is 81.5 Å². The Morgan fingerprint density at radius 3 is 0.707 bits per heavy atom. The van der Waals surface area contributed by atoms with Gasteiger partial charge in [-0.05, 0) is 89.9 Å². The number of allylic oxidation sites excluding steroid dienone is 10. The maximum absolute atomic E-state index is 13.0. The van der Waals surface area contributed by atoms with Crippen molar-refractivity contribution in [3.8, 4) is 0 Å². The van der Waals surface area contributed by atoms with E-state index >= 15 is 0 Å². The van der Waals surface area contributed by atoms with Crippen LogP contribution in [0.4, 0.5) is 0 Å². The van der Waals surface area contributed by atoms with Crippen molar-refractivity contribution in [3.05, 3.63) is 60.8 Å². The average Bonchev–Trinajstić information content (AvgIpc) is 3.47. The van der Waals surface area contributed by atoms with Crippen LogP contribution in [-0.4, -0.2) is 37.2 Å². The summed E-state index contributed by atoms with van der Waals surface area (Å²) >= 11 is 0. The van der Waals surface area contributed by atoms with Crippen LogP contribution >= 0.6 is 0 Å². The molecule has 0 amide bonds. The van der Waals surface area contributed by atoms with Crippen molar-refractivity contribution in [2.24, 2.45) is 0 Å². The molecule has 0 aliphatic carbocycles. The molecule has 0 aromatic heterocycles. The van der Waals surface area contributed by atoms with Crippen molar-refractivity contribution >= 4 is 17.9 Å². The van der Waals surface area contributed by atoms with E-state index < -0.39 is 6.10 Å². The number of hydrogen-bond acceptors (Lipinski definition) is 6. The molecule has 0 aromatic rings. The topological polar surface area (TPSA) is 78.9 Å². The Hall–Kier alpha value is -2.89. The first-order chi connectivity index (χ1) is 40.5. The Kier molecular flexibility index (Phi) is 68.1. The fourth-order valence-corrected chi connectivity index (χ4v) is 10.8. The van der Waals surface area contributed by atoms with Crippen molar-refractivity contribution in [2.75, 3.05) is 13.2 Å². The van der Waals surface area contributed by atoms with Gasteiger partial charge in [-0.3, -0.25) is 14.4 Å². The van der Waals surface area contributed by atoms with E-state index in [1.54, 1.807) is 0 Å². The molecule has 1 atom stereocenters. The van der Waals surface area contributed by atoms with Crippen LogP contribution in [0.2, 0.25) is 0 Å². The first-order valence-corrected chi connectivity index (χ1v) is 36.3. The summed E-state index contributed by atoms with van der Waals surface area (Å²) in [6.45, 7) is 6.66. The molecule has 0 N–H and O–H groups in total. The predicted molar refractivity (Wildman–Crippen MR) is 358 cm³/mol. The zero-order valence-electron chi connectivity index (χ0n) is 55.0. The molecule has 6 nitrogen and oxygen atoms in total. The van der Waals surface area contributed by atoms with Gasteiger partial charge in [-0.25, -0.2) is 0 Å². The minimum Gasteiger partial charge on any atom is -0.462 e. The summed E-state index contributed by atoms with van der Waals surface area (Å²) in [5.74, 6) is -0.861. The first kappa shape index (κ1) is 79.1. The van der Waals surface area contributed by atoms with E-state index in [1.165, 1.54) is 263 Å². The lowest BCUT2D eigenvalue weighted by molar-refractivity contribution is -0.167. The monoisotopic (exact) mass is 1150 g/mol. The van der Waals surface area contributed by atoms with Gasteiger partial charge < -0.3 is 14.2 Å². The van der Waals surface area contributed by atoms with Crippen LogP contribution in [0.1, 0.15) is 387 Å². The fraction of sp³-hybridized carbons (Fsp3) is 0.829. The standard InChI is InChI=1S/C76H138O6/c1-4-7-10-13-16-19-22-25-28-31-34-35-36-37-38-39-40-41-43-45-48-51-54-57-60-63-66-69-75(78)81-72-73(71-80-74(77)68-65-62-59-56-53-50-47-44-33-30-27-24-21-18-15-12-9-6-3)82-76(79)70-67-64-61-58-55-52-49-46-42-32-29-26-23-20-17-14-11-8-5-2/h17,20,22,25-26,29,31,34,42,46,73H,4-16,18-19,21,23-24,27-28,30,32-33,35-41,43-45,47-72H2,1-3H3/b20-17-,25-22-,29-26-,34-31-,46-42-. The van der Waals surface area contributed by atoms with Crippen LogP contribution in [0.25, 0.3) is 0 Å². The first-order valence-electron chi connectivity index (χ1n) is 36.3. The zero-order chi connectivity index (χ0) is 59.2. The van der Waals surface area contributed by atoms with Gasteiger partial charge >= 0.3 is 17.9 Å². The summed E-state index contributed by atoms with van der Waals surface area (Å²) in [6, 6.07) is 0. The Labute approximate surface area is 510 Å². The van der Waals surface area contributed by atoms with Crippen LogP contribution < -0.4 is 0 Å². The lowest BCUT2D eigenvalue weighted by Crippen LogP contribution is -2.30. The zero-order valence-corrected chi connectivity index (χ0v) is 55.0. The van der Waals surface area contributed by atoms with Gasteiger partial charge in [-0.2, -0.15) is 0 Å². The van der Waals surface area contributed by atoms with Crippen molar-refractivity contribution < 1.29 is 28.6 Å². The summed E-state index contributed by atoms with van der Waals surface area (Å²) < 4.78 is 17.0. The minimum atomic E-state index is -0.781. The van der Waals surface area contributed by atoms with E-state index in [4.69, 9.17) is 14.2 Å². The number of hydrogen-bond donors (Lipinski definition) is 0. The molecule has 0 saturated heterocycles. The Balaban J connectivity index is 4.30. The van der Waals surface area contributed by atoms with E-state index in [1.807, 2.05) is 0 Å².